The Bertz CT molecular complexity index is 355. The van der Waals surface area contributed by atoms with Gasteiger partial charge in [0.25, 0.3) is 0 Å². The molecule has 1 aliphatic carbocycles. The third kappa shape index (κ3) is 3.06. The first-order valence-corrected chi connectivity index (χ1v) is 6.24. The highest BCUT2D eigenvalue weighted by Gasteiger charge is 2.34. The molecule has 0 radical (unpaired) electrons. The lowest BCUT2D eigenvalue weighted by Crippen LogP contribution is -2.55. The first-order valence-electron chi connectivity index (χ1n) is 6.24. The molecule has 0 spiro atoms. The number of carbonyl (C=O) groups excluding carboxylic acids is 1. The molecule has 0 saturated heterocycles. The number of nitrogens with zero attached hydrogens (tertiary/aromatic N) is 2. The Kier molecular flexibility index (Phi) is 3.78. The van der Waals surface area contributed by atoms with Crippen molar-refractivity contribution in [2.24, 2.45) is 5.73 Å². The van der Waals surface area contributed by atoms with Gasteiger partial charge in [-0.25, -0.2) is 4.98 Å². The van der Waals surface area contributed by atoms with Gasteiger partial charge in [0.15, 0.2) is 0 Å². The van der Waals surface area contributed by atoms with Crippen LogP contribution in [0, 0.1) is 0 Å². The zero-order valence-electron chi connectivity index (χ0n) is 10.1. The average Bonchev–Trinajstić information content (AvgIpc) is 2.83. The van der Waals surface area contributed by atoms with E-state index in [9.17, 15) is 4.79 Å². The molecule has 5 heteroatoms. The number of nitrogens with two attached hydrogens (primary N) is 1. The van der Waals surface area contributed by atoms with Crippen LogP contribution in [0.5, 0.6) is 0 Å². The molecule has 17 heavy (non-hydrogen) atoms. The monoisotopic (exact) mass is 236 g/mol. The van der Waals surface area contributed by atoms with Crippen LogP contribution in [-0.2, 0) is 11.3 Å². The lowest BCUT2D eigenvalue weighted by molar-refractivity contribution is -0.127. The Morgan fingerprint density at radius 2 is 2.18 bits per heavy atom. The summed E-state index contributed by atoms with van der Waals surface area (Å²) in [4.78, 5) is 15.9. The number of carbonyl (C=O) groups is 1. The summed E-state index contributed by atoms with van der Waals surface area (Å²) in [5, 5.41) is 2.92. The summed E-state index contributed by atoms with van der Waals surface area (Å²) >= 11 is 0. The SMILES string of the molecule is NC1(C(=O)NCCn2ccnc2)CCCCC1. The molecule has 0 aromatic carbocycles. The molecule has 2 rings (SSSR count). The molecule has 1 fully saturated rings. The van der Waals surface area contributed by atoms with Gasteiger partial charge in [-0.3, -0.25) is 4.79 Å². The molecular formula is C12H20N4O. The van der Waals surface area contributed by atoms with E-state index in [1.807, 2.05) is 10.8 Å². The summed E-state index contributed by atoms with van der Waals surface area (Å²) in [6.07, 6.45) is 10.3. The highest BCUT2D eigenvalue weighted by Crippen LogP contribution is 2.25. The van der Waals surface area contributed by atoms with Gasteiger partial charge in [-0.15, -0.1) is 0 Å². The van der Waals surface area contributed by atoms with Gasteiger partial charge < -0.3 is 15.6 Å². The molecular weight excluding hydrogens is 216 g/mol. The summed E-state index contributed by atoms with van der Waals surface area (Å²) in [5.41, 5.74) is 5.50. The number of rotatable bonds is 4. The van der Waals surface area contributed by atoms with Gasteiger partial charge in [0.2, 0.25) is 5.91 Å². The van der Waals surface area contributed by atoms with Crippen molar-refractivity contribution in [2.75, 3.05) is 6.54 Å². The summed E-state index contributed by atoms with van der Waals surface area (Å²) in [6, 6.07) is 0. The topological polar surface area (TPSA) is 72.9 Å². The fourth-order valence-electron chi connectivity index (χ4n) is 2.30. The van der Waals surface area contributed by atoms with E-state index in [1.165, 1.54) is 6.42 Å². The van der Waals surface area contributed by atoms with E-state index in [2.05, 4.69) is 10.3 Å². The highest BCUT2D eigenvalue weighted by molar-refractivity contribution is 5.86. The molecule has 0 aliphatic heterocycles. The fourth-order valence-corrected chi connectivity index (χ4v) is 2.30. The summed E-state index contributed by atoms with van der Waals surface area (Å²) < 4.78 is 1.93. The maximum atomic E-state index is 12.0. The number of hydrogen-bond donors (Lipinski definition) is 2. The van der Waals surface area contributed by atoms with E-state index in [0.717, 1.165) is 32.2 Å². The largest absolute Gasteiger partial charge is 0.353 e. The maximum Gasteiger partial charge on any atom is 0.240 e. The first kappa shape index (κ1) is 12.1. The van der Waals surface area contributed by atoms with Crippen LogP contribution in [0.2, 0.25) is 0 Å². The van der Waals surface area contributed by atoms with Crippen molar-refractivity contribution >= 4 is 5.91 Å². The normalized spacial score (nSPS) is 18.9. The van der Waals surface area contributed by atoms with Crippen molar-refractivity contribution < 1.29 is 4.79 Å². The van der Waals surface area contributed by atoms with E-state index in [1.54, 1.807) is 12.5 Å². The number of nitrogens with one attached hydrogen (secondary N) is 1. The van der Waals surface area contributed by atoms with Crippen LogP contribution in [0.1, 0.15) is 32.1 Å². The van der Waals surface area contributed by atoms with E-state index in [0.29, 0.717) is 6.54 Å². The Labute approximate surface area is 101 Å². The fraction of sp³-hybridized carbons (Fsp3) is 0.667. The van der Waals surface area contributed by atoms with Crippen molar-refractivity contribution in [1.82, 2.24) is 14.9 Å². The van der Waals surface area contributed by atoms with Crippen molar-refractivity contribution in [2.45, 2.75) is 44.2 Å². The minimum Gasteiger partial charge on any atom is -0.353 e. The predicted octanol–water partition coefficient (Wildman–Crippen LogP) is 0.661. The lowest BCUT2D eigenvalue weighted by Gasteiger charge is -2.31. The Balaban J connectivity index is 1.76. The lowest BCUT2D eigenvalue weighted by atomic mass is 9.82. The molecule has 0 bridgehead atoms. The average molecular weight is 236 g/mol. The van der Waals surface area contributed by atoms with Crippen molar-refractivity contribution in [3.8, 4) is 0 Å². The number of amides is 1. The summed E-state index contributed by atoms with van der Waals surface area (Å²) in [7, 11) is 0. The molecule has 0 atom stereocenters. The van der Waals surface area contributed by atoms with Crippen LogP contribution < -0.4 is 11.1 Å². The second kappa shape index (κ2) is 5.31. The Morgan fingerprint density at radius 1 is 1.41 bits per heavy atom. The van der Waals surface area contributed by atoms with Crippen molar-refractivity contribution in [3.63, 3.8) is 0 Å². The zero-order chi connectivity index (χ0) is 12.1. The van der Waals surface area contributed by atoms with Crippen LogP contribution in [0.25, 0.3) is 0 Å². The van der Waals surface area contributed by atoms with Gasteiger partial charge in [-0.1, -0.05) is 19.3 Å². The third-order valence-corrected chi connectivity index (χ3v) is 3.41. The number of imidazole rings is 1. The van der Waals surface area contributed by atoms with Crippen LogP contribution in [0.4, 0.5) is 0 Å². The molecule has 1 amide bonds. The van der Waals surface area contributed by atoms with Crippen LogP contribution in [0.3, 0.4) is 0 Å². The molecule has 1 aromatic heterocycles. The first-order chi connectivity index (χ1) is 8.21. The molecule has 0 unspecified atom stereocenters. The van der Waals surface area contributed by atoms with Crippen LogP contribution in [-0.4, -0.2) is 27.5 Å². The summed E-state index contributed by atoms with van der Waals surface area (Å²) in [6.45, 7) is 1.34. The van der Waals surface area contributed by atoms with E-state index < -0.39 is 5.54 Å². The zero-order valence-corrected chi connectivity index (χ0v) is 10.1. The molecule has 94 valence electrons. The molecule has 1 aromatic rings. The molecule has 1 heterocycles. The highest BCUT2D eigenvalue weighted by atomic mass is 16.2. The third-order valence-electron chi connectivity index (χ3n) is 3.41. The van der Waals surface area contributed by atoms with Gasteiger partial charge in [0, 0.05) is 25.5 Å². The van der Waals surface area contributed by atoms with E-state index >= 15 is 0 Å². The van der Waals surface area contributed by atoms with Crippen LogP contribution >= 0.6 is 0 Å². The minimum atomic E-state index is -0.632. The predicted molar refractivity (Wildman–Crippen MR) is 65.2 cm³/mol. The minimum absolute atomic E-state index is 0.00249. The Hall–Kier alpha value is -1.36. The Morgan fingerprint density at radius 3 is 2.82 bits per heavy atom. The van der Waals surface area contributed by atoms with Gasteiger partial charge in [0.05, 0.1) is 11.9 Å². The quantitative estimate of drug-likeness (QED) is 0.806. The second-order valence-corrected chi connectivity index (χ2v) is 4.77. The molecule has 3 N–H and O–H groups in total. The van der Waals surface area contributed by atoms with E-state index in [4.69, 9.17) is 5.73 Å². The molecule has 1 aliphatic rings. The smallest absolute Gasteiger partial charge is 0.240 e. The van der Waals surface area contributed by atoms with Gasteiger partial charge in [-0.05, 0) is 12.8 Å². The van der Waals surface area contributed by atoms with Gasteiger partial charge in [-0.2, -0.15) is 0 Å². The number of aromatic nitrogens is 2. The van der Waals surface area contributed by atoms with E-state index in [-0.39, 0.29) is 5.91 Å². The molecule has 5 nitrogen and oxygen atoms in total. The molecule has 1 saturated carbocycles. The van der Waals surface area contributed by atoms with Gasteiger partial charge in [0.1, 0.15) is 0 Å². The van der Waals surface area contributed by atoms with Gasteiger partial charge >= 0.3 is 0 Å². The van der Waals surface area contributed by atoms with Crippen LogP contribution in [0.15, 0.2) is 18.7 Å². The van der Waals surface area contributed by atoms with Crippen molar-refractivity contribution in [3.05, 3.63) is 18.7 Å². The van der Waals surface area contributed by atoms with Crippen molar-refractivity contribution in [1.29, 1.82) is 0 Å². The maximum absolute atomic E-state index is 12.0. The summed E-state index contributed by atoms with van der Waals surface area (Å²) in [5.74, 6) is -0.00249. The standard InChI is InChI=1S/C12H20N4O/c13-12(4-2-1-3-5-12)11(17)15-7-9-16-8-6-14-10-16/h6,8,10H,1-5,7,9,13H2,(H,15,17). The number of hydrogen-bond acceptors (Lipinski definition) is 3. The second-order valence-electron chi connectivity index (χ2n) is 4.77.